The van der Waals surface area contributed by atoms with Crippen LogP contribution in [0.4, 0.5) is 4.39 Å². The molecule has 204 valence electrons. The molecule has 1 saturated heterocycles. The Kier molecular flexibility index (Phi) is 13.3. The average molecular weight is 528 g/mol. The van der Waals surface area contributed by atoms with Crippen LogP contribution in [-0.2, 0) is 14.3 Å². The van der Waals surface area contributed by atoms with Crippen molar-refractivity contribution < 1.29 is 18.7 Å². The fourth-order valence-corrected chi connectivity index (χ4v) is 3.62. The first-order chi connectivity index (χ1) is 18.7. The van der Waals surface area contributed by atoms with E-state index >= 15 is 0 Å². The highest BCUT2D eigenvalue weighted by Gasteiger charge is 2.23. The lowest BCUT2D eigenvalue weighted by Gasteiger charge is -2.28. The summed E-state index contributed by atoms with van der Waals surface area (Å²) < 4.78 is 19.8. The average Bonchev–Trinajstić information content (AvgIpc) is 2.94. The monoisotopic (exact) mass is 527 g/mol. The van der Waals surface area contributed by atoms with Gasteiger partial charge >= 0.3 is 0 Å². The minimum absolute atomic E-state index is 0.181. The van der Waals surface area contributed by atoms with Gasteiger partial charge in [0.15, 0.2) is 0 Å². The van der Waals surface area contributed by atoms with E-state index in [9.17, 15) is 9.18 Å². The number of benzene rings is 3. The number of allylic oxidation sites excluding steroid dienone is 2. The van der Waals surface area contributed by atoms with Crippen molar-refractivity contribution in [3.8, 4) is 0 Å². The van der Waals surface area contributed by atoms with Crippen molar-refractivity contribution in [1.29, 1.82) is 0 Å². The molecular weight excluding hydrogens is 489 g/mol. The van der Waals surface area contributed by atoms with E-state index in [1.54, 1.807) is 29.2 Å². The molecule has 1 heterocycles. The van der Waals surface area contributed by atoms with E-state index in [-0.39, 0.29) is 5.91 Å². The molecule has 39 heavy (non-hydrogen) atoms. The summed E-state index contributed by atoms with van der Waals surface area (Å²) in [4.78, 5) is 23.6. The van der Waals surface area contributed by atoms with Crippen molar-refractivity contribution in [3.63, 3.8) is 0 Å². The lowest BCUT2D eigenvalue weighted by Crippen LogP contribution is -2.41. The van der Waals surface area contributed by atoms with Crippen LogP contribution in [0.1, 0.15) is 41.7 Å². The van der Waals surface area contributed by atoms with Crippen molar-refractivity contribution in [2.45, 2.75) is 27.7 Å². The van der Waals surface area contributed by atoms with Crippen molar-refractivity contribution >= 4 is 29.9 Å². The van der Waals surface area contributed by atoms with Crippen LogP contribution in [0, 0.1) is 19.7 Å². The summed E-state index contributed by atoms with van der Waals surface area (Å²) in [6.45, 7) is 13.4. The molecule has 1 fully saturated rings. The van der Waals surface area contributed by atoms with Gasteiger partial charge in [-0.3, -0.25) is 4.79 Å². The molecule has 0 unspecified atom stereocenters. The number of halogens is 1. The SMILES string of the molecule is C=C(C)/C=C/c1ccc(/C=C(/C(=O)N2CCOCC2)c2ccccc2F)cc1.CC=O.Cc1ccc(C)cc1. The van der Waals surface area contributed by atoms with Crippen molar-refractivity contribution in [1.82, 2.24) is 4.90 Å². The summed E-state index contributed by atoms with van der Waals surface area (Å²) in [5.41, 5.74) is 6.17. The third-order valence-corrected chi connectivity index (χ3v) is 5.72. The molecule has 1 aliphatic heterocycles. The zero-order valence-electron chi connectivity index (χ0n) is 23.3. The minimum atomic E-state index is -0.406. The Morgan fingerprint density at radius 2 is 1.41 bits per heavy atom. The highest BCUT2D eigenvalue weighted by atomic mass is 19.1. The number of ether oxygens (including phenoxy) is 1. The molecule has 0 spiro atoms. The maximum absolute atomic E-state index is 14.5. The molecule has 5 heteroatoms. The molecular formula is C34H38FNO3. The summed E-state index contributed by atoms with van der Waals surface area (Å²) in [6.07, 6.45) is 6.42. The normalized spacial score (nSPS) is 13.1. The maximum atomic E-state index is 14.5. The number of aldehydes is 1. The Morgan fingerprint density at radius 1 is 0.897 bits per heavy atom. The van der Waals surface area contributed by atoms with E-state index in [1.807, 2.05) is 43.3 Å². The Bertz CT molecular complexity index is 1250. The van der Waals surface area contributed by atoms with Crippen LogP contribution in [0.5, 0.6) is 0 Å². The van der Waals surface area contributed by atoms with Crippen molar-refractivity contribution in [3.05, 3.63) is 125 Å². The van der Waals surface area contributed by atoms with Gasteiger partial charge in [-0.05, 0) is 51.0 Å². The smallest absolute Gasteiger partial charge is 0.254 e. The predicted molar refractivity (Wildman–Crippen MR) is 160 cm³/mol. The second kappa shape index (κ2) is 16.7. The molecule has 3 aromatic carbocycles. The van der Waals surface area contributed by atoms with Gasteiger partial charge in [-0.15, -0.1) is 0 Å². The Labute approximate surface area is 232 Å². The number of carbonyl (C=O) groups is 2. The van der Waals surface area contributed by atoms with E-state index in [0.717, 1.165) is 23.0 Å². The number of hydrogen-bond acceptors (Lipinski definition) is 3. The van der Waals surface area contributed by atoms with Crippen LogP contribution in [0.2, 0.25) is 0 Å². The molecule has 1 amide bonds. The highest BCUT2D eigenvalue weighted by Crippen LogP contribution is 2.24. The fraction of sp³-hybridized carbons (Fsp3) is 0.235. The molecule has 0 aromatic heterocycles. The number of nitrogens with zero attached hydrogens (tertiary/aromatic N) is 1. The molecule has 0 radical (unpaired) electrons. The molecule has 0 saturated carbocycles. The number of carbonyl (C=O) groups excluding carboxylic acids is 2. The number of aryl methyl sites for hydroxylation is 2. The van der Waals surface area contributed by atoms with E-state index in [2.05, 4.69) is 44.7 Å². The first-order valence-electron chi connectivity index (χ1n) is 13.0. The molecule has 0 bridgehead atoms. The summed E-state index contributed by atoms with van der Waals surface area (Å²) >= 11 is 0. The van der Waals surface area contributed by atoms with Gasteiger partial charge in [0.05, 0.1) is 18.8 Å². The summed E-state index contributed by atoms with van der Waals surface area (Å²) in [6, 6.07) is 22.6. The topological polar surface area (TPSA) is 46.6 Å². The number of amides is 1. The molecule has 1 aliphatic rings. The van der Waals surface area contributed by atoms with Gasteiger partial charge in [-0.2, -0.15) is 0 Å². The summed E-state index contributed by atoms with van der Waals surface area (Å²) in [5, 5.41) is 0. The zero-order chi connectivity index (χ0) is 28.6. The first-order valence-corrected chi connectivity index (χ1v) is 13.0. The van der Waals surface area contributed by atoms with Gasteiger partial charge < -0.3 is 14.4 Å². The van der Waals surface area contributed by atoms with E-state index in [1.165, 1.54) is 24.1 Å². The Hall–Kier alpha value is -4.09. The van der Waals surface area contributed by atoms with Gasteiger partial charge in [-0.25, -0.2) is 4.39 Å². The maximum Gasteiger partial charge on any atom is 0.254 e. The van der Waals surface area contributed by atoms with E-state index < -0.39 is 5.82 Å². The predicted octanol–water partition coefficient (Wildman–Crippen LogP) is 7.32. The van der Waals surface area contributed by atoms with Crippen LogP contribution in [-0.4, -0.2) is 43.4 Å². The van der Waals surface area contributed by atoms with Gasteiger partial charge in [-0.1, -0.05) is 102 Å². The molecule has 3 aromatic rings. The van der Waals surface area contributed by atoms with Crippen LogP contribution < -0.4 is 0 Å². The van der Waals surface area contributed by atoms with Gasteiger partial charge in [0.2, 0.25) is 0 Å². The summed E-state index contributed by atoms with van der Waals surface area (Å²) in [7, 11) is 0. The lowest BCUT2D eigenvalue weighted by atomic mass is 10.00. The van der Waals surface area contributed by atoms with E-state index in [0.29, 0.717) is 37.4 Å². The largest absolute Gasteiger partial charge is 0.378 e. The highest BCUT2D eigenvalue weighted by molar-refractivity contribution is 6.24. The Morgan fingerprint density at radius 3 is 1.92 bits per heavy atom. The van der Waals surface area contributed by atoms with Gasteiger partial charge in [0, 0.05) is 18.7 Å². The second-order valence-corrected chi connectivity index (χ2v) is 9.18. The lowest BCUT2D eigenvalue weighted by molar-refractivity contribution is -0.128. The zero-order valence-corrected chi connectivity index (χ0v) is 23.3. The second-order valence-electron chi connectivity index (χ2n) is 9.18. The summed E-state index contributed by atoms with van der Waals surface area (Å²) in [5.74, 6) is -0.587. The van der Waals surface area contributed by atoms with Gasteiger partial charge in [0.1, 0.15) is 12.1 Å². The molecule has 4 nitrogen and oxygen atoms in total. The van der Waals surface area contributed by atoms with Gasteiger partial charge in [0.25, 0.3) is 5.91 Å². The van der Waals surface area contributed by atoms with Crippen LogP contribution >= 0.6 is 0 Å². The number of hydrogen-bond donors (Lipinski definition) is 0. The van der Waals surface area contributed by atoms with Crippen LogP contribution in [0.3, 0.4) is 0 Å². The van der Waals surface area contributed by atoms with Crippen molar-refractivity contribution in [2.24, 2.45) is 0 Å². The molecule has 4 rings (SSSR count). The first kappa shape index (κ1) is 31.1. The number of rotatable bonds is 5. The van der Waals surface area contributed by atoms with Crippen LogP contribution in [0.25, 0.3) is 17.7 Å². The Balaban J connectivity index is 0.000000405. The number of morpholine rings is 1. The van der Waals surface area contributed by atoms with Crippen molar-refractivity contribution in [2.75, 3.05) is 26.3 Å². The quantitative estimate of drug-likeness (QED) is 0.151. The third kappa shape index (κ3) is 11.0. The minimum Gasteiger partial charge on any atom is -0.378 e. The molecule has 0 aliphatic carbocycles. The standard InChI is InChI=1S/C24H24FNO2.C8H10.C2H4O/c1-18(2)7-8-19-9-11-20(12-10-19)17-22(21-5-3-4-6-23(21)25)24(27)26-13-15-28-16-14-26;1-7-3-5-8(2)6-4-7;1-2-3/h3-12,17H,1,13-16H2,2H3;3-6H,1-2H3;2H,1H3/b8-7+,22-17+;;. The molecule has 0 atom stereocenters. The van der Waals surface area contributed by atoms with Crippen LogP contribution in [0.15, 0.2) is 91.0 Å². The van der Waals surface area contributed by atoms with E-state index in [4.69, 9.17) is 9.53 Å². The molecule has 0 N–H and O–H groups in total. The third-order valence-electron chi connectivity index (χ3n) is 5.72. The fourth-order valence-electron chi connectivity index (χ4n) is 3.62.